The van der Waals surface area contributed by atoms with E-state index in [1.807, 2.05) is 0 Å². The molecule has 1 aromatic rings. The third kappa shape index (κ3) is 1.62. The topological polar surface area (TPSA) is 75.1 Å². The molecule has 5 nitrogen and oxygen atoms in total. The van der Waals surface area contributed by atoms with E-state index >= 15 is 0 Å². The van der Waals surface area contributed by atoms with Crippen LogP contribution in [0.4, 0.5) is 0 Å². The highest BCUT2D eigenvalue weighted by molar-refractivity contribution is 7.07. The van der Waals surface area contributed by atoms with Crippen molar-refractivity contribution in [2.24, 2.45) is 0 Å². The Morgan fingerprint density at radius 1 is 1.71 bits per heavy atom. The molecule has 0 aromatic carbocycles. The van der Waals surface area contributed by atoms with Crippen molar-refractivity contribution in [2.45, 2.75) is 24.8 Å². The highest BCUT2D eigenvalue weighted by atomic mass is 32.1. The maximum atomic E-state index is 11.6. The Labute approximate surface area is 85.3 Å². The molecule has 2 N–H and O–H groups in total. The van der Waals surface area contributed by atoms with E-state index < -0.39 is 0 Å². The van der Waals surface area contributed by atoms with E-state index in [4.69, 9.17) is 5.11 Å². The number of rotatable bonds is 3. The second-order valence-electron chi connectivity index (χ2n) is 3.53. The minimum atomic E-state index is -0.388. The van der Waals surface area contributed by atoms with Gasteiger partial charge < -0.3 is 10.4 Å². The van der Waals surface area contributed by atoms with Crippen LogP contribution in [-0.2, 0) is 0 Å². The molecule has 6 heteroatoms. The monoisotopic (exact) mass is 213 g/mol. The van der Waals surface area contributed by atoms with Gasteiger partial charge in [-0.25, -0.2) is 0 Å². The molecule has 0 spiro atoms. The first-order valence-electron chi connectivity index (χ1n) is 4.46. The molecule has 0 radical (unpaired) electrons. The number of hydrogen-bond acceptors (Lipinski definition) is 5. The standard InChI is InChI=1S/C8H11N3O2S/c12-5-8(2-1-3-8)10-7(13)6-4-9-11-14-6/h4,12H,1-3,5H2,(H,10,13). The molecule has 1 aliphatic rings. The second kappa shape index (κ2) is 3.62. The van der Waals surface area contributed by atoms with Crippen molar-refractivity contribution in [1.82, 2.24) is 14.9 Å². The van der Waals surface area contributed by atoms with E-state index in [0.29, 0.717) is 4.88 Å². The number of carbonyl (C=O) groups excluding carboxylic acids is 1. The lowest BCUT2D eigenvalue weighted by Crippen LogP contribution is -2.56. The summed E-state index contributed by atoms with van der Waals surface area (Å²) in [5.74, 6) is -0.186. The normalized spacial score (nSPS) is 18.6. The van der Waals surface area contributed by atoms with Crippen molar-refractivity contribution in [3.63, 3.8) is 0 Å². The Bertz CT molecular complexity index is 316. The van der Waals surface area contributed by atoms with Crippen molar-refractivity contribution >= 4 is 17.4 Å². The van der Waals surface area contributed by atoms with Crippen LogP contribution in [-0.4, -0.2) is 32.7 Å². The van der Waals surface area contributed by atoms with Crippen LogP contribution in [0.15, 0.2) is 6.20 Å². The van der Waals surface area contributed by atoms with Crippen molar-refractivity contribution in [3.8, 4) is 0 Å². The van der Waals surface area contributed by atoms with Gasteiger partial charge in [0.15, 0.2) is 0 Å². The number of amides is 1. The average Bonchev–Trinajstić information content (AvgIpc) is 2.63. The van der Waals surface area contributed by atoms with Crippen LogP contribution in [0, 0.1) is 0 Å². The van der Waals surface area contributed by atoms with Gasteiger partial charge in [-0.1, -0.05) is 4.49 Å². The first-order valence-corrected chi connectivity index (χ1v) is 5.24. The number of aliphatic hydroxyl groups excluding tert-OH is 1. The molecule has 0 unspecified atom stereocenters. The molecule has 14 heavy (non-hydrogen) atoms. The summed E-state index contributed by atoms with van der Waals surface area (Å²) in [6.07, 6.45) is 4.19. The van der Waals surface area contributed by atoms with Gasteiger partial charge in [-0.2, -0.15) is 0 Å². The number of aromatic nitrogens is 2. The number of aliphatic hydroxyl groups is 1. The molecule has 1 aromatic heterocycles. The van der Waals surface area contributed by atoms with E-state index in [0.717, 1.165) is 30.8 Å². The van der Waals surface area contributed by atoms with Crippen molar-refractivity contribution < 1.29 is 9.90 Å². The SMILES string of the molecule is O=C(NC1(CO)CCC1)c1cnns1. The molecular weight excluding hydrogens is 202 g/mol. The maximum absolute atomic E-state index is 11.6. The van der Waals surface area contributed by atoms with E-state index in [1.165, 1.54) is 6.20 Å². The Balaban J connectivity index is 2.01. The molecule has 1 heterocycles. The van der Waals surface area contributed by atoms with Gasteiger partial charge in [0.25, 0.3) is 5.91 Å². The smallest absolute Gasteiger partial charge is 0.265 e. The lowest BCUT2D eigenvalue weighted by molar-refractivity contribution is 0.0645. The van der Waals surface area contributed by atoms with Gasteiger partial charge in [0.05, 0.1) is 18.3 Å². The van der Waals surface area contributed by atoms with E-state index in [-0.39, 0.29) is 18.1 Å². The summed E-state index contributed by atoms with van der Waals surface area (Å²) in [4.78, 5) is 12.1. The fourth-order valence-corrected chi connectivity index (χ4v) is 1.91. The summed E-state index contributed by atoms with van der Waals surface area (Å²) in [6.45, 7) is 0.00493. The fourth-order valence-electron chi connectivity index (χ4n) is 1.50. The van der Waals surface area contributed by atoms with Gasteiger partial charge in [-0.05, 0) is 30.8 Å². The summed E-state index contributed by atoms with van der Waals surface area (Å²) >= 11 is 1.06. The largest absolute Gasteiger partial charge is 0.394 e. The minimum Gasteiger partial charge on any atom is -0.394 e. The van der Waals surface area contributed by atoms with Crippen LogP contribution in [0.5, 0.6) is 0 Å². The number of nitrogens with zero attached hydrogens (tertiary/aromatic N) is 2. The zero-order valence-electron chi connectivity index (χ0n) is 7.56. The second-order valence-corrected chi connectivity index (χ2v) is 4.31. The minimum absolute atomic E-state index is 0.00493. The molecule has 1 aliphatic carbocycles. The average molecular weight is 213 g/mol. The first-order chi connectivity index (χ1) is 6.76. The third-order valence-corrected chi connectivity index (χ3v) is 3.24. The molecule has 1 amide bonds. The van der Waals surface area contributed by atoms with Crippen LogP contribution < -0.4 is 5.32 Å². The first kappa shape index (κ1) is 9.54. The highest BCUT2D eigenvalue weighted by Gasteiger charge is 2.38. The molecule has 0 aliphatic heterocycles. The lowest BCUT2D eigenvalue weighted by Gasteiger charge is -2.40. The summed E-state index contributed by atoms with van der Waals surface area (Å²) in [7, 11) is 0. The lowest BCUT2D eigenvalue weighted by atomic mass is 9.77. The Morgan fingerprint density at radius 2 is 2.50 bits per heavy atom. The van der Waals surface area contributed by atoms with E-state index in [2.05, 4.69) is 14.9 Å². The Kier molecular flexibility index (Phi) is 2.47. The molecule has 0 saturated heterocycles. The van der Waals surface area contributed by atoms with Gasteiger partial charge in [0.2, 0.25) is 0 Å². The fraction of sp³-hybridized carbons (Fsp3) is 0.625. The van der Waals surface area contributed by atoms with Crippen molar-refractivity contribution in [1.29, 1.82) is 0 Å². The number of carbonyl (C=O) groups is 1. The quantitative estimate of drug-likeness (QED) is 0.751. The van der Waals surface area contributed by atoms with Crippen LogP contribution in [0.2, 0.25) is 0 Å². The zero-order valence-corrected chi connectivity index (χ0v) is 8.38. The van der Waals surface area contributed by atoms with Gasteiger partial charge in [-0.3, -0.25) is 4.79 Å². The Morgan fingerprint density at radius 3 is 2.93 bits per heavy atom. The van der Waals surface area contributed by atoms with E-state index in [1.54, 1.807) is 0 Å². The van der Waals surface area contributed by atoms with Gasteiger partial charge in [-0.15, -0.1) is 5.10 Å². The van der Waals surface area contributed by atoms with Crippen molar-refractivity contribution in [2.75, 3.05) is 6.61 Å². The summed E-state index contributed by atoms with van der Waals surface area (Å²) in [5, 5.41) is 15.6. The van der Waals surface area contributed by atoms with Gasteiger partial charge in [0.1, 0.15) is 4.88 Å². The number of nitrogens with one attached hydrogen (secondary N) is 1. The number of hydrogen-bond donors (Lipinski definition) is 2. The molecule has 2 rings (SSSR count). The van der Waals surface area contributed by atoms with Crippen molar-refractivity contribution in [3.05, 3.63) is 11.1 Å². The predicted octanol–water partition coefficient (Wildman–Crippen LogP) is 0.183. The predicted molar refractivity (Wildman–Crippen MR) is 51.0 cm³/mol. The molecule has 0 atom stereocenters. The Hall–Kier alpha value is -1.01. The molecule has 76 valence electrons. The summed E-state index contributed by atoms with van der Waals surface area (Å²) < 4.78 is 3.61. The highest BCUT2D eigenvalue weighted by Crippen LogP contribution is 2.31. The zero-order chi connectivity index (χ0) is 10.0. The van der Waals surface area contributed by atoms with E-state index in [9.17, 15) is 4.79 Å². The molecule has 1 fully saturated rings. The van der Waals surface area contributed by atoms with Gasteiger partial charge in [0, 0.05) is 0 Å². The third-order valence-electron chi connectivity index (χ3n) is 2.58. The summed E-state index contributed by atoms with van der Waals surface area (Å²) in [5.41, 5.74) is -0.388. The van der Waals surface area contributed by atoms with Crippen LogP contribution in [0.3, 0.4) is 0 Å². The molecule has 1 saturated carbocycles. The van der Waals surface area contributed by atoms with Gasteiger partial charge >= 0.3 is 0 Å². The maximum Gasteiger partial charge on any atom is 0.265 e. The van der Waals surface area contributed by atoms with Crippen LogP contribution in [0.1, 0.15) is 28.9 Å². The van der Waals surface area contributed by atoms with Crippen LogP contribution >= 0.6 is 11.5 Å². The summed E-state index contributed by atoms with van der Waals surface area (Å²) in [6, 6.07) is 0. The van der Waals surface area contributed by atoms with Crippen LogP contribution in [0.25, 0.3) is 0 Å². The molecular formula is C8H11N3O2S. The molecule has 0 bridgehead atoms.